The van der Waals surface area contributed by atoms with Crippen LogP contribution >= 0.6 is 0 Å². The summed E-state index contributed by atoms with van der Waals surface area (Å²) in [5, 5.41) is 8.93. The Labute approximate surface area is 169 Å². The van der Waals surface area contributed by atoms with Crippen molar-refractivity contribution in [3.8, 4) is 11.7 Å². The van der Waals surface area contributed by atoms with Crippen LogP contribution in [0.1, 0.15) is 12.2 Å². The molecule has 10 nitrogen and oxygen atoms in total. The van der Waals surface area contributed by atoms with Crippen molar-refractivity contribution < 1.29 is 23.8 Å². The first-order valence-corrected chi connectivity index (χ1v) is 13.2. The fraction of sp³-hybridized carbons (Fsp3) is 0.556. The second-order valence-electron chi connectivity index (χ2n) is 7.98. The van der Waals surface area contributed by atoms with Crippen LogP contribution in [0.5, 0.6) is 5.88 Å². The molecule has 0 fully saturated rings. The number of ether oxygens (including phenoxy) is 2. The zero-order valence-corrected chi connectivity index (χ0v) is 17.9. The van der Waals surface area contributed by atoms with E-state index in [1.165, 1.54) is 21.9 Å². The van der Waals surface area contributed by atoms with Crippen LogP contribution in [0, 0.1) is 0 Å². The zero-order valence-electron chi connectivity index (χ0n) is 16.9. The maximum Gasteiger partial charge on any atom is 0.425 e. The summed E-state index contributed by atoms with van der Waals surface area (Å²) in [6, 6.07) is 0.977. The van der Waals surface area contributed by atoms with E-state index in [1.54, 1.807) is 0 Å². The number of carbonyl (C=O) groups is 1. The smallest absolute Gasteiger partial charge is 0.425 e. The molecule has 0 unspecified atom stereocenters. The van der Waals surface area contributed by atoms with E-state index in [1.807, 2.05) is 0 Å². The maximum atomic E-state index is 12.3. The fourth-order valence-electron chi connectivity index (χ4n) is 2.66. The molecule has 2 aromatic rings. The molecule has 29 heavy (non-hydrogen) atoms. The molecule has 1 N–H and O–H groups in total. The summed E-state index contributed by atoms with van der Waals surface area (Å²) in [5.74, 6) is 0.143. The lowest BCUT2D eigenvalue weighted by atomic mass is 10.3. The molecule has 0 saturated carbocycles. The quantitative estimate of drug-likeness (QED) is 0.473. The van der Waals surface area contributed by atoms with Gasteiger partial charge in [-0.3, -0.25) is 9.69 Å². The number of fused-ring (bicyclic) bond motifs is 1. The first kappa shape index (κ1) is 21.2. The molecule has 1 aliphatic rings. The van der Waals surface area contributed by atoms with Crippen molar-refractivity contribution in [2.45, 2.75) is 38.5 Å². The summed E-state index contributed by atoms with van der Waals surface area (Å²) in [6.07, 6.45) is 3.80. The number of aliphatic hydroxyl groups excluding tert-OH is 1. The van der Waals surface area contributed by atoms with Crippen LogP contribution in [-0.2, 0) is 16.0 Å². The largest absolute Gasteiger partial charge is 0.465 e. The average Bonchev–Trinajstić information content (AvgIpc) is 3.04. The standard InChI is InChI=1S/C18H26N4O6Si/c1-29(2,3)8-7-26-12-22-15(24)11-27-17-16(22)20-14(9-19-17)21-10-13(5-4-6-23)28-18(21)25/h9-10,23H,4-8,11-12H2,1-3H3. The number of anilines is 1. The topological polar surface area (TPSA) is 120 Å². The van der Waals surface area contributed by atoms with Gasteiger partial charge >= 0.3 is 5.76 Å². The summed E-state index contributed by atoms with van der Waals surface area (Å²) >= 11 is 0. The monoisotopic (exact) mass is 422 g/mol. The van der Waals surface area contributed by atoms with Gasteiger partial charge < -0.3 is 19.0 Å². The molecule has 0 bridgehead atoms. The Morgan fingerprint density at radius 3 is 2.83 bits per heavy atom. The predicted octanol–water partition coefficient (Wildman–Crippen LogP) is 1.18. The minimum atomic E-state index is -1.24. The molecule has 1 amide bonds. The Morgan fingerprint density at radius 2 is 2.10 bits per heavy atom. The van der Waals surface area contributed by atoms with Gasteiger partial charge in [0.15, 0.2) is 12.4 Å². The van der Waals surface area contributed by atoms with Crippen molar-refractivity contribution >= 4 is 19.8 Å². The number of carbonyl (C=O) groups excluding carboxylic acids is 1. The van der Waals surface area contributed by atoms with E-state index >= 15 is 0 Å². The van der Waals surface area contributed by atoms with Gasteiger partial charge in [0.25, 0.3) is 11.8 Å². The van der Waals surface area contributed by atoms with E-state index in [2.05, 4.69) is 29.6 Å². The lowest BCUT2D eigenvalue weighted by Gasteiger charge is -2.27. The lowest BCUT2D eigenvalue weighted by Crippen LogP contribution is -2.41. The van der Waals surface area contributed by atoms with E-state index in [9.17, 15) is 9.59 Å². The summed E-state index contributed by atoms with van der Waals surface area (Å²) in [4.78, 5) is 34.5. The Bertz CT molecular complexity index is 920. The van der Waals surface area contributed by atoms with E-state index in [4.69, 9.17) is 19.0 Å². The summed E-state index contributed by atoms with van der Waals surface area (Å²) in [7, 11) is -1.24. The van der Waals surface area contributed by atoms with E-state index in [0.717, 1.165) is 6.04 Å². The van der Waals surface area contributed by atoms with Crippen LogP contribution in [0.2, 0.25) is 25.7 Å². The highest BCUT2D eigenvalue weighted by Crippen LogP contribution is 2.28. The minimum Gasteiger partial charge on any atom is -0.465 e. The fourth-order valence-corrected chi connectivity index (χ4v) is 3.42. The molecule has 11 heteroatoms. The Kier molecular flexibility index (Phi) is 6.50. The van der Waals surface area contributed by atoms with Crippen molar-refractivity contribution in [2.24, 2.45) is 0 Å². The van der Waals surface area contributed by atoms with Crippen LogP contribution in [0.3, 0.4) is 0 Å². The Morgan fingerprint density at radius 1 is 1.31 bits per heavy atom. The normalized spacial score (nSPS) is 14.1. The number of aryl methyl sites for hydroxylation is 1. The van der Waals surface area contributed by atoms with Crippen LogP contribution in [0.15, 0.2) is 21.6 Å². The predicted molar refractivity (Wildman–Crippen MR) is 107 cm³/mol. The molecule has 3 heterocycles. The number of oxazole rings is 1. The Balaban J connectivity index is 1.81. The first-order valence-electron chi connectivity index (χ1n) is 9.49. The number of hydrogen-bond donors (Lipinski definition) is 1. The van der Waals surface area contributed by atoms with Gasteiger partial charge in [0, 0.05) is 27.7 Å². The summed E-state index contributed by atoms with van der Waals surface area (Å²) in [5.41, 5.74) is 0. The molecule has 2 aromatic heterocycles. The van der Waals surface area contributed by atoms with Crippen LogP contribution in [0.25, 0.3) is 5.82 Å². The van der Waals surface area contributed by atoms with Gasteiger partial charge in [0.1, 0.15) is 12.5 Å². The number of amides is 1. The van der Waals surface area contributed by atoms with E-state index in [0.29, 0.717) is 25.2 Å². The third-order valence-corrected chi connectivity index (χ3v) is 6.04. The zero-order chi connectivity index (χ0) is 21.0. The van der Waals surface area contributed by atoms with Gasteiger partial charge in [-0.15, -0.1) is 0 Å². The molecule has 1 aliphatic heterocycles. The molecule has 0 saturated heterocycles. The summed E-state index contributed by atoms with van der Waals surface area (Å²) in [6.45, 7) is 7.20. The van der Waals surface area contributed by atoms with Gasteiger partial charge in [-0.05, 0) is 12.5 Å². The van der Waals surface area contributed by atoms with Crippen LogP contribution in [0.4, 0.5) is 5.82 Å². The third-order valence-electron chi connectivity index (χ3n) is 4.33. The lowest BCUT2D eigenvalue weighted by molar-refractivity contribution is -0.122. The van der Waals surface area contributed by atoms with Crippen LogP contribution < -0.4 is 15.4 Å². The molecular formula is C18H26N4O6Si. The number of rotatable bonds is 9. The second-order valence-corrected chi connectivity index (χ2v) is 13.6. The van der Waals surface area contributed by atoms with Gasteiger partial charge in [0.05, 0.1) is 12.4 Å². The van der Waals surface area contributed by atoms with Gasteiger partial charge in [-0.25, -0.2) is 19.3 Å². The highest BCUT2D eigenvalue weighted by atomic mass is 28.3. The van der Waals surface area contributed by atoms with Gasteiger partial charge in [-0.1, -0.05) is 19.6 Å². The summed E-state index contributed by atoms with van der Waals surface area (Å²) < 4.78 is 17.4. The van der Waals surface area contributed by atoms with Crippen LogP contribution in [-0.4, -0.2) is 60.2 Å². The second kappa shape index (κ2) is 8.89. The highest BCUT2D eigenvalue weighted by Gasteiger charge is 2.29. The number of nitrogens with zero attached hydrogens (tertiary/aromatic N) is 4. The molecule has 0 spiro atoms. The van der Waals surface area contributed by atoms with Crippen molar-refractivity contribution in [3.63, 3.8) is 0 Å². The molecule has 0 radical (unpaired) electrons. The number of hydrogen-bond acceptors (Lipinski definition) is 8. The number of aliphatic hydroxyl groups is 1. The maximum absolute atomic E-state index is 12.3. The highest BCUT2D eigenvalue weighted by molar-refractivity contribution is 6.76. The molecular weight excluding hydrogens is 396 g/mol. The third kappa shape index (κ3) is 5.31. The molecule has 0 aromatic carbocycles. The van der Waals surface area contributed by atoms with Gasteiger partial charge in [0.2, 0.25) is 5.82 Å². The minimum absolute atomic E-state index is 0.000343. The Hall–Kier alpha value is -2.50. The molecule has 0 aliphatic carbocycles. The first-order chi connectivity index (χ1) is 13.8. The van der Waals surface area contributed by atoms with E-state index < -0.39 is 13.8 Å². The number of aromatic nitrogens is 3. The average molecular weight is 423 g/mol. The molecule has 0 atom stereocenters. The van der Waals surface area contributed by atoms with Crippen molar-refractivity contribution in [3.05, 3.63) is 28.7 Å². The van der Waals surface area contributed by atoms with Crippen molar-refractivity contribution in [1.82, 2.24) is 14.5 Å². The van der Waals surface area contributed by atoms with E-state index in [-0.39, 0.29) is 43.4 Å². The van der Waals surface area contributed by atoms with Gasteiger partial charge in [-0.2, -0.15) is 0 Å². The molecule has 158 valence electrons. The van der Waals surface area contributed by atoms with Crippen molar-refractivity contribution in [2.75, 3.05) is 31.5 Å². The van der Waals surface area contributed by atoms with Crippen molar-refractivity contribution in [1.29, 1.82) is 0 Å². The SMILES string of the molecule is C[Si](C)(C)CCOCN1C(=O)COc2ncc(-n3cc(CCCO)oc3=O)nc21. The molecule has 3 rings (SSSR count).